The molecule has 0 aliphatic heterocycles. The average Bonchev–Trinajstić information content (AvgIpc) is 3.53. The van der Waals surface area contributed by atoms with Crippen LogP contribution in [0.1, 0.15) is 17.9 Å². The van der Waals surface area contributed by atoms with Gasteiger partial charge in [0.1, 0.15) is 5.75 Å². The highest BCUT2D eigenvalue weighted by Crippen LogP contribution is 2.63. The molecule has 29 heavy (non-hydrogen) atoms. The Hall–Kier alpha value is -2.64. The van der Waals surface area contributed by atoms with Gasteiger partial charge in [0.05, 0.1) is 16.9 Å². The number of hydrogen-bond donors (Lipinski definition) is 0. The maximum Gasteiger partial charge on any atom is 0.199 e. The summed E-state index contributed by atoms with van der Waals surface area (Å²) in [4.78, 5) is 0.0195. The lowest BCUT2D eigenvalue weighted by molar-refractivity contribution is 0.414. The molecule has 0 amide bonds. The van der Waals surface area contributed by atoms with Crippen LogP contribution in [0.2, 0.25) is 0 Å². The minimum absolute atomic E-state index is 0.00772. The number of ether oxygens (including phenoxy) is 1. The minimum atomic E-state index is -4.17. The van der Waals surface area contributed by atoms with Crippen LogP contribution in [-0.2, 0) is 19.7 Å². The second kappa shape index (κ2) is 7.00. The van der Waals surface area contributed by atoms with E-state index in [2.05, 4.69) is 0 Å². The molecule has 0 heterocycles. The summed E-state index contributed by atoms with van der Waals surface area (Å²) in [5.41, 5.74) is 0.657. The Bertz CT molecular complexity index is 1150. The molecule has 1 aliphatic rings. The lowest BCUT2D eigenvalue weighted by Gasteiger charge is -2.20. The maximum absolute atomic E-state index is 13.6. The number of benzene rings is 3. The average molecular weight is 429 g/mol. The van der Waals surface area contributed by atoms with Gasteiger partial charge in [-0.05, 0) is 48.4 Å². The molecule has 4 rings (SSSR count). The molecule has 3 aromatic carbocycles. The van der Waals surface area contributed by atoms with Gasteiger partial charge in [-0.2, -0.15) is 0 Å². The molecule has 0 spiro atoms. The molecule has 1 saturated carbocycles. The largest absolute Gasteiger partial charge is 0.497 e. The van der Waals surface area contributed by atoms with Crippen molar-refractivity contribution in [1.29, 1.82) is 0 Å². The van der Waals surface area contributed by atoms with E-state index < -0.39 is 29.7 Å². The van der Waals surface area contributed by atoms with E-state index in [1.807, 2.05) is 0 Å². The number of sulfone groups is 2. The molecule has 1 atom stereocenters. The van der Waals surface area contributed by atoms with Gasteiger partial charge in [-0.25, -0.2) is 16.8 Å². The lowest BCUT2D eigenvalue weighted by atomic mass is 10.1. The number of methoxy groups -OCH3 is 1. The first kappa shape index (κ1) is 19.7. The Morgan fingerprint density at radius 3 is 1.59 bits per heavy atom. The summed E-state index contributed by atoms with van der Waals surface area (Å²) in [6, 6.07) is 22.5. The Kier molecular flexibility index (Phi) is 4.75. The minimum Gasteiger partial charge on any atom is -0.497 e. The Morgan fingerprint density at radius 2 is 1.17 bits per heavy atom. The fourth-order valence-corrected chi connectivity index (χ4v) is 9.13. The molecule has 1 unspecified atom stereocenters. The monoisotopic (exact) mass is 428 g/mol. The van der Waals surface area contributed by atoms with E-state index in [4.69, 9.17) is 4.74 Å². The summed E-state index contributed by atoms with van der Waals surface area (Å²) in [5.74, 6) is -0.0411. The van der Waals surface area contributed by atoms with Crippen molar-refractivity contribution in [3.63, 3.8) is 0 Å². The SMILES string of the molecule is COc1ccc(C2CC2(S(=O)(=O)c2ccccc2)S(=O)(=O)c2ccccc2)cc1. The fraction of sp³-hybridized carbons (Fsp3) is 0.182. The van der Waals surface area contributed by atoms with Crippen molar-refractivity contribution in [2.45, 2.75) is 26.2 Å². The standard InChI is InChI=1S/C22H20O5S2/c1-27-18-14-12-17(13-15-18)21-16-22(21,28(23,24)19-8-4-2-5-9-19)29(25,26)20-10-6-3-7-11-20/h2-15,21H,16H2,1H3. The van der Waals surface area contributed by atoms with Gasteiger partial charge in [0.25, 0.3) is 0 Å². The molecule has 0 radical (unpaired) electrons. The zero-order chi connectivity index (χ0) is 20.7. The number of hydrogen-bond acceptors (Lipinski definition) is 5. The van der Waals surface area contributed by atoms with Crippen molar-refractivity contribution in [3.05, 3.63) is 90.5 Å². The van der Waals surface area contributed by atoms with Crippen LogP contribution in [0, 0.1) is 0 Å². The predicted molar refractivity (Wildman–Crippen MR) is 110 cm³/mol. The Labute approximate surface area is 170 Å². The van der Waals surface area contributed by atoms with Crippen LogP contribution < -0.4 is 4.74 Å². The smallest absolute Gasteiger partial charge is 0.199 e. The summed E-state index contributed by atoms with van der Waals surface area (Å²) in [7, 11) is -6.79. The van der Waals surface area contributed by atoms with E-state index in [0.29, 0.717) is 11.3 Å². The fourth-order valence-electron chi connectivity index (χ4n) is 3.77. The lowest BCUT2D eigenvalue weighted by Crippen LogP contribution is -2.35. The van der Waals surface area contributed by atoms with Gasteiger partial charge >= 0.3 is 0 Å². The summed E-state index contributed by atoms with van der Waals surface area (Å²) in [5, 5.41) is 0. The molecule has 5 nitrogen and oxygen atoms in total. The van der Waals surface area contributed by atoms with E-state index in [-0.39, 0.29) is 16.2 Å². The predicted octanol–water partition coefficient (Wildman–Crippen LogP) is 3.83. The quantitative estimate of drug-likeness (QED) is 0.596. The van der Waals surface area contributed by atoms with Crippen LogP contribution in [0.5, 0.6) is 5.75 Å². The first-order valence-electron chi connectivity index (χ1n) is 9.08. The third-order valence-electron chi connectivity index (χ3n) is 5.39. The summed E-state index contributed by atoms with van der Waals surface area (Å²) in [6.07, 6.45) is 0.00772. The third kappa shape index (κ3) is 2.96. The first-order chi connectivity index (χ1) is 13.8. The van der Waals surface area contributed by atoms with Crippen molar-refractivity contribution in [3.8, 4) is 5.75 Å². The van der Waals surface area contributed by atoms with Gasteiger partial charge in [0.2, 0.25) is 0 Å². The molecule has 7 heteroatoms. The van der Waals surface area contributed by atoms with E-state index in [9.17, 15) is 16.8 Å². The molecule has 0 bridgehead atoms. The van der Waals surface area contributed by atoms with Crippen LogP contribution in [0.25, 0.3) is 0 Å². The second-order valence-electron chi connectivity index (χ2n) is 6.97. The van der Waals surface area contributed by atoms with Gasteiger partial charge in [-0.1, -0.05) is 48.5 Å². The Morgan fingerprint density at radius 1 is 0.724 bits per heavy atom. The van der Waals surface area contributed by atoms with Gasteiger partial charge in [-0.3, -0.25) is 0 Å². The molecule has 150 valence electrons. The zero-order valence-corrected chi connectivity index (χ0v) is 17.4. The maximum atomic E-state index is 13.6. The van der Waals surface area contributed by atoms with Crippen molar-refractivity contribution in [2.75, 3.05) is 7.11 Å². The van der Waals surface area contributed by atoms with Crippen LogP contribution in [0.4, 0.5) is 0 Å². The highest BCUT2D eigenvalue weighted by atomic mass is 32.3. The molecular formula is C22H20O5S2. The van der Waals surface area contributed by atoms with Crippen LogP contribution in [0.3, 0.4) is 0 Å². The van der Waals surface area contributed by atoms with Gasteiger partial charge < -0.3 is 4.74 Å². The molecule has 1 aliphatic carbocycles. The highest BCUT2D eigenvalue weighted by molar-refractivity contribution is 8.11. The Balaban J connectivity index is 1.90. The van der Waals surface area contributed by atoms with E-state index in [1.54, 1.807) is 60.7 Å². The van der Waals surface area contributed by atoms with Gasteiger partial charge in [0.15, 0.2) is 23.8 Å². The van der Waals surface area contributed by atoms with Crippen LogP contribution in [0.15, 0.2) is 94.7 Å². The normalized spacial score (nSPS) is 18.2. The summed E-state index contributed by atoms with van der Waals surface area (Å²) in [6.45, 7) is 0. The molecule has 1 fully saturated rings. The van der Waals surface area contributed by atoms with Crippen LogP contribution >= 0.6 is 0 Å². The third-order valence-corrected chi connectivity index (χ3v) is 11.2. The van der Waals surface area contributed by atoms with Crippen LogP contribution in [-0.4, -0.2) is 28.0 Å². The molecular weight excluding hydrogens is 408 g/mol. The molecule has 0 saturated heterocycles. The number of rotatable bonds is 6. The van der Waals surface area contributed by atoms with Gasteiger partial charge in [-0.15, -0.1) is 0 Å². The van der Waals surface area contributed by atoms with E-state index in [1.165, 1.54) is 31.4 Å². The highest BCUT2D eigenvalue weighted by Gasteiger charge is 2.73. The van der Waals surface area contributed by atoms with Gasteiger partial charge in [0, 0.05) is 5.92 Å². The molecule has 3 aromatic rings. The molecule has 0 N–H and O–H groups in total. The zero-order valence-electron chi connectivity index (χ0n) is 15.7. The first-order valence-corrected chi connectivity index (χ1v) is 12.0. The topological polar surface area (TPSA) is 77.5 Å². The second-order valence-corrected chi connectivity index (χ2v) is 11.6. The van der Waals surface area contributed by atoms with E-state index in [0.717, 1.165) is 0 Å². The summed E-state index contributed by atoms with van der Waals surface area (Å²) < 4.78 is 57.8. The van der Waals surface area contributed by atoms with Crippen molar-refractivity contribution in [1.82, 2.24) is 0 Å². The van der Waals surface area contributed by atoms with Crippen molar-refractivity contribution >= 4 is 19.7 Å². The van der Waals surface area contributed by atoms with Crippen molar-refractivity contribution in [2.24, 2.45) is 0 Å². The summed E-state index contributed by atoms with van der Waals surface area (Å²) >= 11 is 0. The van der Waals surface area contributed by atoms with Crippen molar-refractivity contribution < 1.29 is 21.6 Å². The molecule has 0 aromatic heterocycles. The van der Waals surface area contributed by atoms with E-state index >= 15 is 0 Å².